The summed E-state index contributed by atoms with van der Waals surface area (Å²) in [6.07, 6.45) is -7.28. The molecule has 1 aromatic rings. The maximum atomic E-state index is 12.1. The minimum atomic E-state index is -4.84. The summed E-state index contributed by atoms with van der Waals surface area (Å²) in [6.45, 7) is 1.38. The maximum Gasteiger partial charge on any atom is 0.573 e. The molecule has 0 spiro atoms. The summed E-state index contributed by atoms with van der Waals surface area (Å²) in [6, 6.07) is 3.05. The number of carbonyl (C=O) groups excluding carboxylic acids is 1. The molecular weight excluding hydrogens is 345 g/mol. The molecule has 0 saturated carbocycles. The molecule has 0 radical (unpaired) electrons. The van der Waals surface area contributed by atoms with Crippen molar-refractivity contribution in [3.05, 3.63) is 28.8 Å². The van der Waals surface area contributed by atoms with E-state index in [2.05, 4.69) is 4.74 Å². The third kappa shape index (κ3) is 6.43. The summed E-state index contributed by atoms with van der Waals surface area (Å²) in [4.78, 5) is 10.8. The van der Waals surface area contributed by atoms with Crippen LogP contribution in [0.4, 0.5) is 13.2 Å². The van der Waals surface area contributed by atoms with Crippen molar-refractivity contribution < 1.29 is 32.9 Å². The number of aliphatic hydroxyl groups excluding tert-OH is 2. The number of aliphatic hydroxyl groups is 2. The van der Waals surface area contributed by atoms with E-state index in [-0.39, 0.29) is 22.1 Å². The van der Waals surface area contributed by atoms with Crippen LogP contribution in [0.1, 0.15) is 25.0 Å². The largest absolute Gasteiger partial charge is 0.573 e. The van der Waals surface area contributed by atoms with Crippen LogP contribution in [0.25, 0.3) is 0 Å². The molecule has 9 heteroatoms. The Morgan fingerprint density at radius 1 is 1.41 bits per heavy atom. The Morgan fingerprint density at radius 2 is 2.05 bits per heavy atom. The molecule has 0 aromatic heterocycles. The lowest BCUT2D eigenvalue weighted by Gasteiger charge is -2.19. The first-order chi connectivity index (χ1) is 10.1. The van der Waals surface area contributed by atoms with Gasteiger partial charge in [-0.1, -0.05) is 29.4 Å². The number of alkyl halides is 3. The maximum absolute atomic E-state index is 12.1. The van der Waals surface area contributed by atoms with Crippen molar-refractivity contribution in [3.63, 3.8) is 0 Å². The van der Waals surface area contributed by atoms with E-state index >= 15 is 0 Å². The highest BCUT2D eigenvalue weighted by atomic mass is 35.5. The first-order valence-electron chi connectivity index (χ1n) is 6.15. The second-order valence-electron chi connectivity index (χ2n) is 4.37. The quantitative estimate of drug-likeness (QED) is 0.816. The summed E-state index contributed by atoms with van der Waals surface area (Å²) in [5.41, 5.74) is 0.0801. The average molecular weight is 359 g/mol. The highest BCUT2D eigenvalue weighted by Crippen LogP contribution is 2.32. The van der Waals surface area contributed by atoms with Crippen LogP contribution in [0.2, 0.25) is 5.02 Å². The number of halogens is 4. The molecule has 2 N–H and O–H groups in total. The molecule has 2 unspecified atom stereocenters. The predicted octanol–water partition coefficient (Wildman–Crippen LogP) is 3.30. The molecule has 0 bridgehead atoms. The number of hydrogen-bond donors (Lipinski definition) is 2. The van der Waals surface area contributed by atoms with Gasteiger partial charge >= 0.3 is 6.36 Å². The Morgan fingerprint density at radius 3 is 2.55 bits per heavy atom. The number of hydrogen-bond acceptors (Lipinski definition) is 5. The van der Waals surface area contributed by atoms with Crippen LogP contribution >= 0.6 is 23.4 Å². The van der Waals surface area contributed by atoms with E-state index in [0.717, 1.165) is 30.0 Å². The van der Waals surface area contributed by atoms with Gasteiger partial charge in [0, 0.05) is 18.2 Å². The number of ether oxygens (including phenoxy) is 1. The van der Waals surface area contributed by atoms with Gasteiger partial charge in [0.05, 0.1) is 11.1 Å². The molecule has 22 heavy (non-hydrogen) atoms. The zero-order valence-electron chi connectivity index (χ0n) is 11.4. The lowest BCUT2D eigenvalue weighted by molar-refractivity contribution is -0.274. The van der Waals surface area contributed by atoms with E-state index in [1.807, 2.05) is 0 Å². The summed E-state index contributed by atoms with van der Waals surface area (Å²) in [5, 5.41) is 19.5. The molecule has 0 heterocycles. The van der Waals surface area contributed by atoms with Gasteiger partial charge in [0.1, 0.15) is 11.9 Å². The van der Waals surface area contributed by atoms with Crippen molar-refractivity contribution in [1.82, 2.24) is 0 Å². The van der Waals surface area contributed by atoms with Crippen molar-refractivity contribution in [1.29, 1.82) is 0 Å². The Labute approximate surface area is 134 Å². The number of benzene rings is 1. The van der Waals surface area contributed by atoms with Gasteiger partial charge in [-0.3, -0.25) is 4.79 Å². The molecule has 0 fully saturated rings. The number of thioether (sulfide) groups is 1. The second kappa shape index (κ2) is 8.05. The van der Waals surface area contributed by atoms with Crippen LogP contribution in [0.3, 0.4) is 0 Å². The number of carbonyl (C=O) groups is 1. The fraction of sp³-hybridized carbons (Fsp3) is 0.462. The first kappa shape index (κ1) is 19.1. The van der Waals surface area contributed by atoms with E-state index < -0.39 is 24.3 Å². The minimum absolute atomic E-state index is 0.0801. The smallest absolute Gasteiger partial charge is 0.406 e. The van der Waals surface area contributed by atoms with Crippen LogP contribution in [-0.2, 0) is 4.79 Å². The molecule has 1 rings (SSSR count). The lowest BCUT2D eigenvalue weighted by Crippen LogP contribution is -2.20. The fourth-order valence-electron chi connectivity index (χ4n) is 1.63. The van der Waals surface area contributed by atoms with E-state index in [1.54, 1.807) is 0 Å². The fourth-order valence-corrected chi connectivity index (χ4v) is 2.56. The van der Waals surface area contributed by atoms with Crippen molar-refractivity contribution in [2.24, 2.45) is 0 Å². The van der Waals surface area contributed by atoms with Gasteiger partial charge in [-0.05, 0) is 18.6 Å². The van der Waals surface area contributed by atoms with Crippen molar-refractivity contribution in [3.8, 4) is 5.75 Å². The van der Waals surface area contributed by atoms with Gasteiger partial charge < -0.3 is 14.9 Å². The highest BCUT2D eigenvalue weighted by Gasteiger charge is 2.31. The summed E-state index contributed by atoms with van der Waals surface area (Å²) in [5.74, 6) is -0.212. The van der Waals surface area contributed by atoms with E-state index in [4.69, 9.17) is 11.6 Å². The molecule has 0 aliphatic rings. The van der Waals surface area contributed by atoms with Crippen LogP contribution in [0.5, 0.6) is 5.75 Å². The van der Waals surface area contributed by atoms with Gasteiger partial charge in [-0.25, -0.2) is 0 Å². The standard InChI is InChI=1S/C13H14ClF3O4S/c1-7(18)22-5-4-11(19)12(20)9-3-2-8(6-10(9)14)21-13(15,16)17/h2-3,6,11-12,19-20H,4-5H2,1H3. The molecule has 4 nitrogen and oxygen atoms in total. The third-order valence-corrected chi connectivity index (χ3v) is 3.78. The van der Waals surface area contributed by atoms with E-state index in [9.17, 15) is 28.2 Å². The van der Waals surface area contributed by atoms with E-state index in [1.165, 1.54) is 6.92 Å². The van der Waals surface area contributed by atoms with Gasteiger partial charge in [0.25, 0.3) is 0 Å². The van der Waals surface area contributed by atoms with Crippen LogP contribution < -0.4 is 4.74 Å². The lowest BCUT2D eigenvalue weighted by atomic mass is 10.0. The Balaban J connectivity index is 2.73. The average Bonchev–Trinajstić information content (AvgIpc) is 2.35. The molecule has 124 valence electrons. The van der Waals surface area contributed by atoms with Gasteiger partial charge in [-0.15, -0.1) is 13.2 Å². The van der Waals surface area contributed by atoms with Gasteiger partial charge in [-0.2, -0.15) is 0 Å². The molecule has 0 aliphatic heterocycles. The normalized spacial score (nSPS) is 14.5. The monoisotopic (exact) mass is 358 g/mol. The minimum Gasteiger partial charge on any atom is -0.406 e. The molecule has 1 aromatic carbocycles. The SMILES string of the molecule is CC(=O)SCCC(O)C(O)c1ccc(OC(F)(F)F)cc1Cl. The van der Waals surface area contributed by atoms with Crippen molar-refractivity contribution >= 4 is 28.5 Å². The molecular formula is C13H14ClF3O4S. The van der Waals surface area contributed by atoms with Crippen LogP contribution in [0.15, 0.2) is 18.2 Å². The molecule has 0 amide bonds. The van der Waals surface area contributed by atoms with Crippen LogP contribution in [0, 0.1) is 0 Å². The molecule has 0 aliphatic carbocycles. The Hall–Kier alpha value is -0.960. The number of rotatable bonds is 6. The topological polar surface area (TPSA) is 66.8 Å². The summed E-state index contributed by atoms with van der Waals surface area (Å²) < 4.78 is 39.9. The zero-order chi connectivity index (χ0) is 16.9. The molecule has 2 atom stereocenters. The Kier molecular flexibility index (Phi) is 6.98. The van der Waals surface area contributed by atoms with E-state index in [0.29, 0.717) is 5.75 Å². The van der Waals surface area contributed by atoms with Crippen molar-refractivity contribution in [2.45, 2.75) is 31.9 Å². The Bertz CT molecular complexity index is 524. The summed E-state index contributed by atoms with van der Waals surface area (Å²) >= 11 is 6.80. The van der Waals surface area contributed by atoms with Gasteiger partial charge in [0.15, 0.2) is 5.12 Å². The highest BCUT2D eigenvalue weighted by molar-refractivity contribution is 8.13. The third-order valence-electron chi connectivity index (χ3n) is 2.61. The van der Waals surface area contributed by atoms with Crippen LogP contribution in [-0.4, -0.2) is 33.5 Å². The van der Waals surface area contributed by atoms with Gasteiger partial charge in [0.2, 0.25) is 0 Å². The first-order valence-corrected chi connectivity index (χ1v) is 7.51. The summed E-state index contributed by atoms with van der Waals surface area (Å²) in [7, 11) is 0. The zero-order valence-corrected chi connectivity index (χ0v) is 13.0. The second-order valence-corrected chi connectivity index (χ2v) is 6.05. The molecule has 0 saturated heterocycles. The van der Waals surface area contributed by atoms with Crippen molar-refractivity contribution in [2.75, 3.05) is 5.75 Å². The predicted molar refractivity (Wildman–Crippen MR) is 76.9 cm³/mol.